The largest absolute Gasteiger partial charge is 0.496 e. The van der Waals surface area contributed by atoms with Crippen molar-refractivity contribution in [3.8, 4) is 34.5 Å². The van der Waals surface area contributed by atoms with Gasteiger partial charge in [0.05, 0.1) is 39.6 Å². The molecule has 0 bridgehead atoms. The molecule has 0 aromatic heterocycles. The Kier molecular flexibility index (Phi) is 16.2. The van der Waals surface area contributed by atoms with Crippen molar-refractivity contribution < 1.29 is 57.1 Å². The van der Waals surface area contributed by atoms with Gasteiger partial charge in [0.15, 0.2) is 0 Å². The number of anilines is 2. The number of aryl methyl sites for hydroxylation is 1. The fourth-order valence-corrected chi connectivity index (χ4v) is 5.73. The second-order valence-electron chi connectivity index (χ2n) is 13.9. The average molecular weight is 835 g/mol. The number of nitrogens with one attached hydrogen (secondary N) is 2. The van der Waals surface area contributed by atoms with Crippen LogP contribution in [-0.2, 0) is 9.47 Å². The van der Waals surface area contributed by atoms with Gasteiger partial charge >= 0.3 is 11.9 Å². The molecule has 0 aliphatic heterocycles. The van der Waals surface area contributed by atoms with Crippen molar-refractivity contribution >= 4 is 35.1 Å². The molecule has 0 fully saturated rings. The maximum Gasteiger partial charge on any atom is 0.347 e. The molecule has 0 spiro atoms. The first kappa shape index (κ1) is 45.2. The fourth-order valence-electron chi connectivity index (χ4n) is 5.73. The van der Waals surface area contributed by atoms with E-state index in [0.717, 1.165) is 0 Å². The van der Waals surface area contributed by atoms with Crippen molar-refractivity contribution in [1.29, 1.82) is 0 Å². The van der Waals surface area contributed by atoms with Gasteiger partial charge in [-0.3, -0.25) is 9.59 Å². The number of carbonyl (C=O) groups is 4. The maximum atomic E-state index is 13.1. The van der Waals surface area contributed by atoms with Gasteiger partial charge < -0.3 is 48.5 Å². The third-order valence-electron chi connectivity index (χ3n) is 9.56. The normalized spacial score (nSPS) is 11.7. The molecule has 2 amide bonds. The van der Waals surface area contributed by atoms with Gasteiger partial charge in [-0.15, -0.1) is 0 Å². The van der Waals surface area contributed by atoms with E-state index in [1.54, 1.807) is 87.9 Å². The van der Waals surface area contributed by atoms with E-state index in [1.807, 2.05) is 13.8 Å². The van der Waals surface area contributed by atoms with Crippen LogP contribution in [0, 0.1) is 6.92 Å². The summed E-state index contributed by atoms with van der Waals surface area (Å²) in [5, 5.41) is 5.72. The fraction of sp³-hybridized carbons (Fsp3) is 0.277. The molecular weight excluding hydrogens is 785 g/mol. The van der Waals surface area contributed by atoms with Crippen LogP contribution in [0.3, 0.4) is 0 Å². The van der Waals surface area contributed by atoms with Crippen molar-refractivity contribution in [2.45, 2.75) is 45.8 Å². The predicted octanol–water partition coefficient (Wildman–Crippen LogP) is 8.56. The number of benzene rings is 5. The topological polar surface area (TPSA) is 166 Å². The first-order valence-electron chi connectivity index (χ1n) is 19.5. The zero-order valence-corrected chi connectivity index (χ0v) is 35.2. The number of rotatable bonds is 20. The molecule has 0 aliphatic rings. The van der Waals surface area contributed by atoms with Crippen LogP contribution in [0.25, 0.3) is 0 Å². The third-order valence-corrected chi connectivity index (χ3v) is 9.56. The van der Waals surface area contributed by atoms with Gasteiger partial charge in [-0.1, -0.05) is 0 Å². The first-order chi connectivity index (χ1) is 29.4. The molecule has 2 atom stereocenters. The Morgan fingerprint density at radius 1 is 0.525 bits per heavy atom. The molecule has 61 heavy (non-hydrogen) atoms. The summed E-state index contributed by atoms with van der Waals surface area (Å²) in [6, 6.07) is 27.0. The summed E-state index contributed by atoms with van der Waals surface area (Å²) in [4.78, 5) is 52.2. The average Bonchev–Trinajstić information content (AvgIpc) is 3.27. The molecule has 0 saturated heterocycles. The number of amides is 2. The first-order valence-corrected chi connectivity index (χ1v) is 19.5. The van der Waals surface area contributed by atoms with E-state index in [-0.39, 0.29) is 46.6 Å². The highest BCUT2D eigenvalue weighted by molar-refractivity contribution is 6.06. The molecular formula is C47H50N2O12. The molecule has 320 valence electrons. The monoisotopic (exact) mass is 834 g/mol. The number of methoxy groups -OCH3 is 4. The van der Waals surface area contributed by atoms with Crippen molar-refractivity contribution in [2.75, 3.05) is 52.3 Å². The summed E-state index contributed by atoms with van der Waals surface area (Å²) < 4.78 is 43.9. The van der Waals surface area contributed by atoms with E-state index in [4.69, 9.17) is 37.9 Å². The summed E-state index contributed by atoms with van der Waals surface area (Å²) in [5.41, 5.74) is 2.82. The van der Waals surface area contributed by atoms with Gasteiger partial charge in [0.25, 0.3) is 11.8 Å². The Hall–Kier alpha value is -6.90. The molecule has 5 rings (SSSR count). The zero-order chi connectivity index (χ0) is 43.9. The van der Waals surface area contributed by atoms with Crippen LogP contribution < -0.4 is 39.1 Å². The number of ether oxygens (including phenoxy) is 8. The van der Waals surface area contributed by atoms with Gasteiger partial charge in [-0.05, 0) is 117 Å². The Bertz CT molecular complexity index is 2290. The SMILES string of the molecule is COc1cc(OCCC(C)OC)ccc1C(=O)Oc1ccc(C(=O)Nc2ccc(NC(=O)c3ccc(OC(=O)c4ccc(OCC[C@@H](C)OC)cc4OC)cc3)cc2C)cc1. The number of carbonyl (C=O) groups excluding carboxylic acids is 4. The van der Waals surface area contributed by atoms with Gasteiger partial charge in [-0.25, -0.2) is 9.59 Å². The lowest BCUT2D eigenvalue weighted by Gasteiger charge is -2.13. The molecule has 0 aliphatic carbocycles. The molecule has 0 heterocycles. The van der Waals surface area contributed by atoms with Crippen LogP contribution in [0.1, 0.15) is 73.7 Å². The smallest absolute Gasteiger partial charge is 0.347 e. The lowest BCUT2D eigenvalue weighted by molar-refractivity contribution is 0.0721. The van der Waals surface area contributed by atoms with Crippen molar-refractivity contribution in [1.82, 2.24) is 0 Å². The minimum absolute atomic E-state index is 0.0537. The number of esters is 2. The Labute approximate surface area is 355 Å². The van der Waals surface area contributed by atoms with Gasteiger partial charge in [-0.2, -0.15) is 0 Å². The highest BCUT2D eigenvalue weighted by Crippen LogP contribution is 2.29. The van der Waals surface area contributed by atoms with Crippen LogP contribution in [0.15, 0.2) is 103 Å². The third kappa shape index (κ3) is 12.8. The molecule has 14 nitrogen and oxygen atoms in total. The van der Waals surface area contributed by atoms with Crippen molar-refractivity contribution in [3.63, 3.8) is 0 Å². The van der Waals surface area contributed by atoms with E-state index in [1.165, 1.54) is 50.6 Å². The maximum absolute atomic E-state index is 13.1. The molecule has 0 radical (unpaired) electrons. The van der Waals surface area contributed by atoms with Gasteiger partial charge in [0.2, 0.25) is 0 Å². The standard InChI is InChI=1S/C47H50N2O12/c1-29-26-34(48-44(50)32-8-13-35(14-9-32)60-46(52)39-19-17-37(27-42(39)56-6)58-24-22-30(2)54-4)12-21-41(29)49-45(51)33-10-15-36(16-11-33)61-47(53)40-20-18-38(28-43(40)57-7)59-25-23-31(3)55-5/h8-21,26-28,30-31H,22-25H2,1-7H3,(H,48,50)(H,49,51)/t30-,31?/m1/s1. The van der Waals surface area contributed by atoms with E-state index in [0.29, 0.717) is 77.1 Å². The Morgan fingerprint density at radius 3 is 1.36 bits per heavy atom. The minimum atomic E-state index is -0.635. The van der Waals surface area contributed by atoms with Crippen molar-refractivity contribution in [2.24, 2.45) is 0 Å². The number of hydrogen-bond donors (Lipinski definition) is 2. The lowest BCUT2D eigenvalue weighted by atomic mass is 10.1. The molecule has 0 saturated carbocycles. The number of hydrogen-bond acceptors (Lipinski definition) is 12. The highest BCUT2D eigenvalue weighted by Gasteiger charge is 2.19. The summed E-state index contributed by atoms with van der Waals surface area (Å²) in [5.74, 6) is 0.111. The molecule has 2 N–H and O–H groups in total. The lowest BCUT2D eigenvalue weighted by Crippen LogP contribution is -2.15. The van der Waals surface area contributed by atoms with Crippen molar-refractivity contribution in [3.05, 3.63) is 131 Å². The summed E-state index contributed by atoms with van der Waals surface area (Å²) in [6.07, 6.45) is 1.51. The minimum Gasteiger partial charge on any atom is -0.496 e. The molecule has 5 aromatic rings. The summed E-state index contributed by atoms with van der Waals surface area (Å²) in [7, 11) is 6.19. The van der Waals surface area contributed by atoms with Crippen LogP contribution in [0.2, 0.25) is 0 Å². The Morgan fingerprint density at radius 2 is 0.951 bits per heavy atom. The molecule has 14 heteroatoms. The molecule has 5 aromatic carbocycles. The van der Waals surface area contributed by atoms with E-state index < -0.39 is 11.9 Å². The van der Waals surface area contributed by atoms with Gasteiger partial charge in [0, 0.05) is 61.7 Å². The van der Waals surface area contributed by atoms with E-state index in [2.05, 4.69) is 10.6 Å². The van der Waals surface area contributed by atoms with E-state index in [9.17, 15) is 19.2 Å². The highest BCUT2D eigenvalue weighted by atomic mass is 16.5. The van der Waals surface area contributed by atoms with Crippen LogP contribution in [-0.4, -0.2) is 77.6 Å². The second-order valence-corrected chi connectivity index (χ2v) is 13.9. The second kappa shape index (κ2) is 21.9. The Balaban J connectivity index is 1.11. The van der Waals surface area contributed by atoms with Crippen LogP contribution in [0.4, 0.5) is 11.4 Å². The van der Waals surface area contributed by atoms with Gasteiger partial charge in [0.1, 0.15) is 45.6 Å². The quantitative estimate of drug-likeness (QED) is 0.0568. The summed E-state index contributed by atoms with van der Waals surface area (Å²) in [6.45, 7) is 6.57. The van der Waals surface area contributed by atoms with E-state index >= 15 is 0 Å². The predicted molar refractivity (Wildman–Crippen MR) is 229 cm³/mol. The molecule has 1 unspecified atom stereocenters. The van der Waals surface area contributed by atoms with Crippen LogP contribution >= 0.6 is 0 Å². The zero-order valence-electron chi connectivity index (χ0n) is 35.2. The summed E-state index contributed by atoms with van der Waals surface area (Å²) >= 11 is 0. The van der Waals surface area contributed by atoms with Crippen LogP contribution in [0.5, 0.6) is 34.5 Å².